The van der Waals surface area contributed by atoms with Gasteiger partial charge in [0.2, 0.25) is 0 Å². The predicted octanol–water partition coefficient (Wildman–Crippen LogP) is 1.74. The Bertz CT molecular complexity index is 415. The van der Waals surface area contributed by atoms with E-state index in [1.807, 2.05) is 12.3 Å². The maximum Gasteiger partial charge on any atom is 0.315 e. The quantitative estimate of drug-likeness (QED) is 0.865. The van der Waals surface area contributed by atoms with Gasteiger partial charge in [0.15, 0.2) is 0 Å². The minimum absolute atomic E-state index is 0.114. The molecule has 1 atom stereocenters. The van der Waals surface area contributed by atoms with Crippen LogP contribution in [0.5, 0.6) is 0 Å². The van der Waals surface area contributed by atoms with Crippen molar-refractivity contribution in [1.82, 2.24) is 20.5 Å². The number of aryl methyl sites for hydroxylation is 1. The summed E-state index contributed by atoms with van der Waals surface area (Å²) in [6.07, 6.45) is 2.55. The summed E-state index contributed by atoms with van der Waals surface area (Å²) in [5, 5.41) is 8.76. The summed E-state index contributed by atoms with van der Waals surface area (Å²) in [6.45, 7) is 7.63. The van der Waals surface area contributed by atoms with Gasteiger partial charge in [0.25, 0.3) is 0 Å². The van der Waals surface area contributed by atoms with Gasteiger partial charge >= 0.3 is 6.03 Å². The zero-order valence-electron chi connectivity index (χ0n) is 11.6. The van der Waals surface area contributed by atoms with Crippen molar-refractivity contribution in [2.75, 3.05) is 19.6 Å². The Morgan fingerprint density at radius 3 is 2.84 bits per heavy atom. The van der Waals surface area contributed by atoms with Gasteiger partial charge in [0.1, 0.15) is 0 Å². The Balaban J connectivity index is 1.64. The minimum Gasteiger partial charge on any atom is -0.337 e. The van der Waals surface area contributed by atoms with Crippen molar-refractivity contribution in [2.45, 2.75) is 39.3 Å². The molecule has 0 aliphatic carbocycles. The van der Waals surface area contributed by atoms with Crippen molar-refractivity contribution in [3.63, 3.8) is 0 Å². The van der Waals surface area contributed by atoms with E-state index in [-0.39, 0.29) is 6.03 Å². The van der Waals surface area contributed by atoms with E-state index in [2.05, 4.69) is 27.4 Å². The number of rotatable bonds is 5. The highest BCUT2D eigenvalue weighted by Gasteiger charge is 2.18. The number of nitrogens with one attached hydrogen (secondary N) is 2. The Morgan fingerprint density at radius 2 is 2.21 bits per heavy atom. The van der Waals surface area contributed by atoms with Gasteiger partial charge in [-0.1, -0.05) is 0 Å². The molecule has 1 saturated heterocycles. The molecule has 0 unspecified atom stereocenters. The maximum atomic E-state index is 11.7. The SMILES string of the molecule is Cc1nc(CNC(=O)NC[C@@H](C)N2CCCC2)cs1. The lowest BCUT2D eigenvalue weighted by atomic mass is 10.3. The summed E-state index contributed by atoms with van der Waals surface area (Å²) >= 11 is 1.60. The van der Waals surface area contributed by atoms with Gasteiger partial charge < -0.3 is 10.6 Å². The van der Waals surface area contributed by atoms with E-state index in [1.165, 1.54) is 12.8 Å². The van der Waals surface area contributed by atoms with Crippen molar-refractivity contribution >= 4 is 17.4 Å². The number of hydrogen-bond donors (Lipinski definition) is 2. The van der Waals surface area contributed by atoms with Crippen LogP contribution in [0.4, 0.5) is 4.79 Å². The average molecular weight is 282 g/mol. The maximum absolute atomic E-state index is 11.7. The van der Waals surface area contributed by atoms with Gasteiger partial charge in [-0.2, -0.15) is 0 Å². The summed E-state index contributed by atoms with van der Waals surface area (Å²) in [4.78, 5) is 18.4. The van der Waals surface area contributed by atoms with Crippen LogP contribution in [0.15, 0.2) is 5.38 Å². The van der Waals surface area contributed by atoms with Crippen LogP contribution in [0.1, 0.15) is 30.5 Å². The van der Waals surface area contributed by atoms with Crippen molar-refractivity contribution in [2.24, 2.45) is 0 Å². The van der Waals surface area contributed by atoms with Gasteiger partial charge in [-0.05, 0) is 39.8 Å². The molecule has 1 aliphatic rings. The monoisotopic (exact) mass is 282 g/mol. The molecule has 2 rings (SSSR count). The molecule has 0 aromatic carbocycles. The molecule has 19 heavy (non-hydrogen) atoms. The lowest BCUT2D eigenvalue weighted by Crippen LogP contribution is -2.44. The first kappa shape index (κ1) is 14.3. The van der Waals surface area contributed by atoms with E-state index >= 15 is 0 Å². The van der Waals surface area contributed by atoms with Crippen LogP contribution in [0.2, 0.25) is 0 Å². The number of nitrogens with zero attached hydrogens (tertiary/aromatic N) is 2. The average Bonchev–Trinajstić information content (AvgIpc) is 3.04. The summed E-state index contributed by atoms with van der Waals surface area (Å²) in [6, 6.07) is 0.298. The number of likely N-dealkylation sites (tertiary alicyclic amines) is 1. The lowest BCUT2D eigenvalue weighted by molar-refractivity contribution is 0.226. The second-order valence-electron chi connectivity index (χ2n) is 5.01. The molecular formula is C13H22N4OS. The molecule has 106 valence electrons. The summed E-state index contributed by atoms with van der Waals surface area (Å²) in [5.74, 6) is 0. The zero-order valence-corrected chi connectivity index (χ0v) is 12.4. The fourth-order valence-corrected chi connectivity index (χ4v) is 2.89. The van der Waals surface area contributed by atoms with Gasteiger partial charge in [-0.25, -0.2) is 9.78 Å². The van der Waals surface area contributed by atoms with Crippen LogP contribution < -0.4 is 10.6 Å². The second-order valence-corrected chi connectivity index (χ2v) is 6.08. The molecule has 0 radical (unpaired) electrons. The molecule has 2 N–H and O–H groups in total. The topological polar surface area (TPSA) is 57.3 Å². The van der Waals surface area contributed by atoms with E-state index in [0.29, 0.717) is 19.1 Å². The van der Waals surface area contributed by atoms with Crippen molar-refractivity contribution in [1.29, 1.82) is 0 Å². The molecular weight excluding hydrogens is 260 g/mol. The molecule has 6 heteroatoms. The fourth-order valence-electron chi connectivity index (χ4n) is 2.27. The molecule has 0 saturated carbocycles. The highest BCUT2D eigenvalue weighted by atomic mass is 32.1. The Labute approximate surface area is 118 Å². The summed E-state index contributed by atoms with van der Waals surface area (Å²) < 4.78 is 0. The largest absolute Gasteiger partial charge is 0.337 e. The number of carbonyl (C=O) groups is 1. The van der Waals surface area contributed by atoms with Crippen molar-refractivity contribution in [3.05, 3.63) is 16.1 Å². The number of thiazole rings is 1. The first-order chi connectivity index (χ1) is 9.15. The van der Waals surface area contributed by atoms with E-state index in [4.69, 9.17) is 0 Å². The Hall–Kier alpha value is -1.14. The standard InChI is InChI=1S/C13H22N4OS/c1-10(17-5-3-4-6-17)7-14-13(18)15-8-12-9-19-11(2)16-12/h9-10H,3-8H2,1-2H3,(H2,14,15,18)/t10-/m1/s1. The van der Waals surface area contributed by atoms with Crippen LogP contribution >= 0.6 is 11.3 Å². The number of urea groups is 1. The highest BCUT2D eigenvalue weighted by molar-refractivity contribution is 7.09. The molecule has 0 bridgehead atoms. The van der Waals surface area contributed by atoms with Crippen molar-refractivity contribution < 1.29 is 4.79 Å². The molecule has 2 amide bonds. The van der Waals surface area contributed by atoms with Crippen LogP contribution in [-0.2, 0) is 6.54 Å². The fraction of sp³-hybridized carbons (Fsp3) is 0.692. The molecule has 5 nitrogen and oxygen atoms in total. The van der Waals surface area contributed by atoms with Gasteiger partial charge in [-0.15, -0.1) is 11.3 Å². The van der Waals surface area contributed by atoms with Gasteiger partial charge in [0, 0.05) is 18.0 Å². The zero-order chi connectivity index (χ0) is 13.7. The van der Waals surface area contributed by atoms with Gasteiger partial charge in [0.05, 0.1) is 17.2 Å². The van der Waals surface area contributed by atoms with Crippen LogP contribution in [-0.4, -0.2) is 41.6 Å². The van der Waals surface area contributed by atoms with Crippen LogP contribution in [0.3, 0.4) is 0 Å². The van der Waals surface area contributed by atoms with E-state index in [0.717, 1.165) is 23.8 Å². The number of hydrogen-bond acceptors (Lipinski definition) is 4. The summed E-state index contributed by atoms with van der Waals surface area (Å²) in [7, 11) is 0. The Morgan fingerprint density at radius 1 is 1.47 bits per heavy atom. The Kier molecular flexibility index (Phi) is 5.15. The molecule has 1 aromatic heterocycles. The minimum atomic E-state index is -0.114. The number of carbonyl (C=O) groups excluding carboxylic acids is 1. The highest BCUT2D eigenvalue weighted by Crippen LogP contribution is 2.10. The van der Waals surface area contributed by atoms with Crippen molar-refractivity contribution in [3.8, 4) is 0 Å². The normalized spacial score (nSPS) is 17.4. The molecule has 0 spiro atoms. The third-order valence-corrected chi connectivity index (χ3v) is 4.24. The third kappa shape index (κ3) is 4.47. The molecule has 1 fully saturated rings. The first-order valence-electron chi connectivity index (χ1n) is 6.82. The van der Waals surface area contributed by atoms with Gasteiger partial charge in [-0.3, -0.25) is 4.90 Å². The van der Waals surface area contributed by atoms with Crippen LogP contribution in [0, 0.1) is 6.92 Å². The van der Waals surface area contributed by atoms with E-state index in [1.54, 1.807) is 11.3 Å². The molecule has 2 heterocycles. The molecule has 1 aromatic rings. The number of aromatic nitrogens is 1. The second kappa shape index (κ2) is 6.86. The van der Waals surface area contributed by atoms with E-state index < -0.39 is 0 Å². The van der Waals surface area contributed by atoms with E-state index in [9.17, 15) is 4.79 Å². The smallest absolute Gasteiger partial charge is 0.315 e. The van der Waals surface area contributed by atoms with Crippen LogP contribution in [0.25, 0.3) is 0 Å². The lowest BCUT2D eigenvalue weighted by Gasteiger charge is -2.23. The molecule has 1 aliphatic heterocycles. The first-order valence-corrected chi connectivity index (χ1v) is 7.70. The summed E-state index contributed by atoms with van der Waals surface area (Å²) in [5.41, 5.74) is 0.922. The predicted molar refractivity (Wildman–Crippen MR) is 77.4 cm³/mol. The number of amides is 2. The third-order valence-electron chi connectivity index (χ3n) is 3.42.